The second-order valence-corrected chi connectivity index (χ2v) is 4.74. The molecule has 1 heterocycles. The summed E-state index contributed by atoms with van der Waals surface area (Å²) in [4.78, 5) is 0. The zero-order chi connectivity index (χ0) is 13.8. The molecule has 4 nitrogen and oxygen atoms in total. The van der Waals surface area contributed by atoms with Gasteiger partial charge in [-0.3, -0.25) is 4.68 Å². The molecule has 0 amide bonds. The molecule has 1 aromatic carbocycles. The summed E-state index contributed by atoms with van der Waals surface area (Å²) in [7, 11) is 1.90. The van der Waals surface area contributed by atoms with E-state index in [0.717, 1.165) is 17.8 Å². The van der Waals surface area contributed by atoms with Gasteiger partial charge in [-0.05, 0) is 30.7 Å². The molecule has 0 spiro atoms. The number of nitrogens with zero attached hydrogens (tertiary/aromatic N) is 2. The average Bonchev–Trinajstić information content (AvgIpc) is 2.78. The summed E-state index contributed by atoms with van der Waals surface area (Å²) in [5.74, 6) is 0.645. The third-order valence-corrected chi connectivity index (χ3v) is 3.19. The fourth-order valence-electron chi connectivity index (χ4n) is 1.84. The summed E-state index contributed by atoms with van der Waals surface area (Å²) in [5.41, 5.74) is 2.72. The fraction of sp³-hybridized carbons (Fsp3) is 0.357. The second kappa shape index (κ2) is 6.08. The molecular weight excluding hydrogens is 264 g/mol. The number of hydrogen-bond donors (Lipinski definition) is 1. The fourth-order valence-corrected chi connectivity index (χ4v) is 2.04. The summed E-state index contributed by atoms with van der Waals surface area (Å²) >= 11 is 5.88. The zero-order valence-corrected chi connectivity index (χ0v) is 11.8. The van der Waals surface area contributed by atoms with Gasteiger partial charge in [0.05, 0.1) is 18.0 Å². The van der Waals surface area contributed by atoms with Crippen molar-refractivity contribution in [2.24, 2.45) is 7.05 Å². The van der Waals surface area contributed by atoms with Crippen LogP contribution in [0, 0.1) is 0 Å². The molecule has 0 radical (unpaired) electrons. The first-order chi connectivity index (χ1) is 9.13. The van der Waals surface area contributed by atoms with Gasteiger partial charge >= 0.3 is 0 Å². The van der Waals surface area contributed by atoms with Crippen LogP contribution in [0.15, 0.2) is 24.3 Å². The Balaban J connectivity index is 2.11. The Kier molecular flexibility index (Phi) is 4.45. The summed E-state index contributed by atoms with van der Waals surface area (Å²) in [6.07, 6.45) is 0.899. The largest absolute Gasteiger partial charge is 0.487 e. The average molecular weight is 281 g/mol. The number of aliphatic hydroxyl groups excluding tert-OH is 1. The Morgan fingerprint density at radius 1 is 1.37 bits per heavy atom. The Bertz CT molecular complexity index is 567. The molecule has 2 rings (SSSR count). The molecule has 19 heavy (non-hydrogen) atoms. The molecule has 0 bridgehead atoms. The van der Waals surface area contributed by atoms with E-state index in [4.69, 9.17) is 16.3 Å². The Hall–Kier alpha value is -1.52. The number of aryl methyl sites for hydroxylation is 2. The Morgan fingerprint density at radius 2 is 2.16 bits per heavy atom. The van der Waals surface area contributed by atoms with Crippen LogP contribution in [0.3, 0.4) is 0 Å². The molecule has 0 atom stereocenters. The number of ether oxygens (including phenoxy) is 1. The molecule has 0 aliphatic carbocycles. The van der Waals surface area contributed by atoms with Crippen LogP contribution < -0.4 is 4.74 Å². The van der Waals surface area contributed by atoms with Gasteiger partial charge in [0.2, 0.25) is 0 Å². The lowest BCUT2D eigenvalue weighted by atomic mass is 10.2. The number of rotatable bonds is 5. The minimum absolute atomic E-state index is 0.0957. The molecule has 0 aliphatic rings. The molecular formula is C14H17ClN2O2. The quantitative estimate of drug-likeness (QED) is 0.916. The van der Waals surface area contributed by atoms with E-state index in [1.165, 1.54) is 0 Å². The third-order valence-electron chi connectivity index (χ3n) is 2.96. The van der Waals surface area contributed by atoms with Gasteiger partial charge in [0.1, 0.15) is 12.4 Å². The summed E-state index contributed by atoms with van der Waals surface area (Å²) < 4.78 is 7.54. The molecule has 1 aromatic heterocycles. The first-order valence-corrected chi connectivity index (χ1v) is 6.55. The van der Waals surface area contributed by atoms with Crippen molar-refractivity contribution in [1.82, 2.24) is 9.78 Å². The predicted molar refractivity (Wildman–Crippen MR) is 74.3 cm³/mol. The van der Waals surface area contributed by atoms with Gasteiger partial charge in [-0.2, -0.15) is 5.10 Å². The highest BCUT2D eigenvalue weighted by Gasteiger charge is 2.07. The highest BCUT2D eigenvalue weighted by Crippen LogP contribution is 2.23. The van der Waals surface area contributed by atoms with E-state index in [-0.39, 0.29) is 6.61 Å². The highest BCUT2D eigenvalue weighted by atomic mass is 35.5. The van der Waals surface area contributed by atoms with Crippen molar-refractivity contribution in [3.05, 3.63) is 46.2 Å². The van der Waals surface area contributed by atoms with Crippen LogP contribution in [-0.4, -0.2) is 14.9 Å². The lowest BCUT2D eigenvalue weighted by molar-refractivity contribution is 0.255. The number of benzene rings is 1. The first kappa shape index (κ1) is 13.9. The molecule has 1 N–H and O–H groups in total. The topological polar surface area (TPSA) is 47.3 Å². The lowest BCUT2D eigenvalue weighted by Crippen LogP contribution is -2.04. The number of hydrogen-bond acceptors (Lipinski definition) is 3. The van der Waals surface area contributed by atoms with Crippen LogP contribution in [0.5, 0.6) is 5.75 Å². The standard InChI is InChI=1S/C14H17ClN2O2/c1-3-12-7-13(17(2)16-12)9-19-14-5-4-11(15)6-10(14)8-18/h4-7,18H,3,8-9H2,1-2H3. The summed E-state index contributed by atoms with van der Waals surface area (Å²) in [5, 5.41) is 14.2. The van der Waals surface area contributed by atoms with E-state index < -0.39 is 0 Å². The van der Waals surface area contributed by atoms with Crippen molar-refractivity contribution in [3.63, 3.8) is 0 Å². The summed E-state index contributed by atoms with van der Waals surface area (Å²) in [6, 6.07) is 7.24. The number of aromatic nitrogens is 2. The SMILES string of the molecule is CCc1cc(COc2ccc(Cl)cc2CO)n(C)n1. The maximum absolute atomic E-state index is 9.28. The number of halogens is 1. The van der Waals surface area contributed by atoms with E-state index in [1.807, 2.05) is 17.8 Å². The minimum Gasteiger partial charge on any atom is -0.487 e. The Labute approximate surface area is 117 Å². The monoisotopic (exact) mass is 280 g/mol. The van der Waals surface area contributed by atoms with Crippen LogP contribution in [0.4, 0.5) is 0 Å². The van der Waals surface area contributed by atoms with E-state index in [2.05, 4.69) is 12.0 Å². The normalized spacial score (nSPS) is 10.7. The molecule has 0 saturated heterocycles. The van der Waals surface area contributed by atoms with Crippen LogP contribution in [-0.2, 0) is 26.7 Å². The van der Waals surface area contributed by atoms with Crippen molar-refractivity contribution in [1.29, 1.82) is 0 Å². The van der Waals surface area contributed by atoms with Crippen molar-refractivity contribution < 1.29 is 9.84 Å². The van der Waals surface area contributed by atoms with Gasteiger partial charge in [-0.15, -0.1) is 0 Å². The lowest BCUT2D eigenvalue weighted by Gasteiger charge is -2.10. The molecule has 5 heteroatoms. The van der Waals surface area contributed by atoms with Crippen molar-refractivity contribution in [3.8, 4) is 5.75 Å². The van der Waals surface area contributed by atoms with Gasteiger partial charge in [-0.25, -0.2) is 0 Å². The van der Waals surface area contributed by atoms with Crippen LogP contribution in [0.1, 0.15) is 23.9 Å². The van der Waals surface area contributed by atoms with Gasteiger partial charge in [0, 0.05) is 17.6 Å². The van der Waals surface area contributed by atoms with Crippen molar-refractivity contribution in [2.45, 2.75) is 26.6 Å². The maximum atomic E-state index is 9.28. The van der Waals surface area contributed by atoms with Crippen molar-refractivity contribution >= 4 is 11.6 Å². The van der Waals surface area contributed by atoms with Gasteiger partial charge in [-0.1, -0.05) is 18.5 Å². The zero-order valence-electron chi connectivity index (χ0n) is 11.1. The second-order valence-electron chi connectivity index (χ2n) is 4.30. The van der Waals surface area contributed by atoms with Gasteiger partial charge in [0.25, 0.3) is 0 Å². The van der Waals surface area contributed by atoms with Crippen LogP contribution in [0.25, 0.3) is 0 Å². The summed E-state index contributed by atoms with van der Waals surface area (Å²) in [6.45, 7) is 2.38. The van der Waals surface area contributed by atoms with E-state index in [1.54, 1.807) is 18.2 Å². The van der Waals surface area contributed by atoms with Gasteiger partial charge in [0.15, 0.2) is 0 Å². The minimum atomic E-state index is -0.0957. The Morgan fingerprint density at radius 3 is 2.79 bits per heavy atom. The highest BCUT2D eigenvalue weighted by molar-refractivity contribution is 6.30. The molecule has 0 saturated carbocycles. The smallest absolute Gasteiger partial charge is 0.130 e. The van der Waals surface area contributed by atoms with E-state index in [9.17, 15) is 5.11 Å². The molecule has 0 unspecified atom stereocenters. The van der Waals surface area contributed by atoms with E-state index in [0.29, 0.717) is 22.9 Å². The maximum Gasteiger partial charge on any atom is 0.130 e. The predicted octanol–water partition coefficient (Wildman–Crippen LogP) is 2.71. The van der Waals surface area contributed by atoms with Crippen LogP contribution >= 0.6 is 11.6 Å². The number of aliphatic hydroxyl groups is 1. The molecule has 102 valence electrons. The molecule has 2 aromatic rings. The third kappa shape index (κ3) is 3.28. The van der Waals surface area contributed by atoms with Crippen LogP contribution in [0.2, 0.25) is 5.02 Å². The first-order valence-electron chi connectivity index (χ1n) is 6.18. The van der Waals surface area contributed by atoms with Crippen molar-refractivity contribution in [2.75, 3.05) is 0 Å². The molecule has 0 aliphatic heterocycles. The van der Waals surface area contributed by atoms with Gasteiger partial charge < -0.3 is 9.84 Å². The van der Waals surface area contributed by atoms with E-state index >= 15 is 0 Å². The molecule has 0 fully saturated rings.